The second kappa shape index (κ2) is 30.5. The fourth-order valence-electron chi connectivity index (χ4n) is 5.32. The van der Waals surface area contributed by atoms with Crippen LogP contribution in [0.5, 0.6) is 0 Å². The average Bonchev–Trinajstić information content (AvgIpc) is 2.89. The van der Waals surface area contributed by atoms with Crippen LogP contribution in [0.3, 0.4) is 0 Å². The van der Waals surface area contributed by atoms with Crippen molar-refractivity contribution in [2.75, 3.05) is 0 Å². The zero-order valence-electron chi connectivity index (χ0n) is 25.8. The highest BCUT2D eigenvalue weighted by Crippen LogP contribution is 2.17. The molecular formula is C34H66O4. The van der Waals surface area contributed by atoms with Crippen molar-refractivity contribution in [2.45, 2.75) is 206 Å². The Morgan fingerprint density at radius 2 is 0.816 bits per heavy atom. The maximum absolute atomic E-state index is 12.2. The first-order chi connectivity index (χ1) is 18.6. The number of unbranched alkanes of at least 4 members (excludes halogenated alkanes) is 24. The Labute approximate surface area is 237 Å². The van der Waals surface area contributed by atoms with Crippen molar-refractivity contribution in [3.63, 3.8) is 0 Å². The first kappa shape index (κ1) is 36.9. The van der Waals surface area contributed by atoms with E-state index < -0.39 is 12.1 Å². The second-order valence-corrected chi connectivity index (χ2v) is 11.7. The summed E-state index contributed by atoms with van der Waals surface area (Å²) in [6.45, 7) is 4.53. The molecule has 226 valence electrons. The van der Waals surface area contributed by atoms with Gasteiger partial charge in [-0.05, 0) is 19.3 Å². The Morgan fingerprint density at radius 1 is 0.500 bits per heavy atom. The van der Waals surface area contributed by atoms with Crippen LogP contribution in [0.1, 0.15) is 200 Å². The number of carbonyl (C=O) groups excluding carboxylic acids is 1. The molecule has 4 heteroatoms. The fourth-order valence-corrected chi connectivity index (χ4v) is 5.32. The van der Waals surface area contributed by atoms with Crippen LogP contribution >= 0.6 is 0 Å². The summed E-state index contributed by atoms with van der Waals surface area (Å²) in [5.41, 5.74) is 0. The molecule has 0 aromatic heterocycles. The van der Waals surface area contributed by atoms with Crippen LogP contribution in [0, 0.1) is 0 Å². The molecule has 0 aliphatic carbocycles. The minimum absolute atomic E-state index is 0.0669. The summed E-state index contributed by atoms with van der Waals surface area (Å²) >= 11 is 0. The normalized spacial score (nSPS) is 12.1. The number of carboxylic acid groups (broad SMARTS) is 1. The zero-order chi connectivity index (χ0) is 27.9. The highest BCUT2D eigenvalue weighted by atomic mass is 16.5. The molecule has 4 nitrogen and oxygen atoms in total. The van der Waals surface area contributed by atoms with Gasteiger partial charge in [0.2, 0.25) is 0 Å². The molecule has 1 atom stereocenters. The van der Waals surface area contributed by atoms with Crippen LogP contribution in [0.2, 0.25) is 0 Å². The van der Waals surface area contributed by atoms with Crippen LogP contribution in [0.25, 0.3) is 0 Å². The summed E-state index contributed by atoms with van der Waals surface area (Å²) in [7, 11) is 0. The predicted octanol–water partition coefficient (Wildman–Crippen LogP) is 11.3. The van der Waals surface area contributed by atoms with Crippen molar-refractivity contribution >= 4 is 11.9 Å². The highest BCUT2D eigenvalue weighted by molar-refractivity contribution is 5.71. The van der Waals surface area contributed by atoms with E-state index >= 15 is 0 Å². The first-order valence-electron chi connectivity index (χ1n) is 17.0. The van der Waals surface area contributed by atoms with Gasteiger partial charge in [0.25, 0.3) is 0 Å². The molecule has 1 N–H and O–H groups in total. The molecule has 0 radical (unpaired) electrons. The molecule has 0 amide bonds. The lowest BCUT2D eigenvalue weighted by Gasteiger charge is -2.16. The van der Waals surface area contributed by atoms with Crippen LogP contribution in [-0.4, -0.2) is 23.1 Å². The Balaban J connectivity index is 3.64. The van der Waals surface area contributed by atoms with E-state index in [0.29, 0.717) is 12.8 Å². The monoisotopic (exact) mass is 538 g/mol. The maximum atomic E-state index is 12.2. The van der Waals surface area contributed by atoms with Gasteiger partial charge >= 0.3 is 11.9 Å². The van der Waals surface area contributed by atoms with Crippen LogP contribution in [0.4, 0.5) is 0 Å². The quantitative estimate of drug-likeness (QED) is 0.0704. The standard InChI is InChI=1S/C34H66O4/c1-3-5-7-9-11-13-15-16-17-18-20-21-23-25-27-29-32(31-33(35)36)38-34(37)30-28-26-24-22-19-14-12-10-8-6-4-2/h32H,3-31H2,1-2H3,(H,35,36). The molecule has 0 bridgehead atoms. The Kier molecular flexibility index (Phi) is 29.6. The van der Waals surface area contributed by atoms with Crippen molar-refractivity contribution in [2.24, 2.45) is 0 Å². The van der Waals surface area contributed by atoms with E-state index in [9.17, 15) is 14.7 Å². The van der Waals surface area contributed by atoms with Crippen molar-refractivity contribution < 1.29 is 19.4 Å². The summed E-state index contributed by atoms with van der Waals surface area (Å²) in [6, 6.07) is 0. The zero-order valence-corrected chi connectivity index (χ0v) is 25.8. The van der Waals surface area contributed by atoms with E-state index in [0.717, 1.165) is 25.7 Å². The summed E-state index contributed by atoms with van der Waals surface area (Å²) in [5, 5.41) is 9.21. The van der Waals surface area contributed by atoms with E-state index in [1.54, 1.807) is 0 Å². The van der Waals surface area contributed by atoms with E-state index in [-0.39, 0.29) is 12.4 Å². The topological polar surface area (TPSA) is 63.6 Å². The van der Waals surface area contributed by atoms with Gasteiger partial charge in [-0.1, -0.05) is 168 Å². The van der Waals surface area contributed by atoms with Gasteiger partial charge in [0.1, 0.15) is 6.10 Å². The lowest BCUT2D eigenvalue weighted by atomic mass is 10.0. The minimum Gasteiger partial charge on any atom is -0.481 e. The molecule has 0 aromatic rings. The van der Waals surface area contributed by atoms with Crippen LogP contribution in [0.15, 0.2) is 0 Å². The molecule has 0 rings (SSSR count). The molecule has 0 spiro atoms. The molecule has 0 aliphatic heterocycles. The molecular weight excluding hydrogens is 472 g/mol. The van der Waals surface area contributed by atoms with Gasteiger partial charge in [-0.15, -0.1) is 0 Å². The van der Waals surface area contributed by atoms with E-state index in [2.05, 4.69) is 13.8 Å². The molecule has 0 fully saturated rings. The molecule has 1 unspecified atom stereocenters. The van der Waals surface area contributed by atoms with Crippen LogP contribution < -0.4 is 0 Å². The van der Waals surface area contributed by atoms with Gasteiger partial charge in [0.05, 0.1) is 6.42 Å². The number of esters is 1. The highest BCUT2D eigenvalue weighted by Gasteiger charge is 2.17. The molecule has 0 saturated carbocycles. The largest absolute Gasteiger partial charge is 0.481 e. The molecule has 0 heterocycles. The predicted molar refractivity (Wildman–Crippen MR) is 163 cm³/mol. The Hall–Kier alpha value is -1.06. The number of rotatable bonds is 31. The Bertz CT molecular complexity index is 505. The van der Waals surface area contributed by atoms with Crippen molar-refractivity contribution in [1.29, 1.82) is 0 Å². The van der Waals surface area contributed by atoms with E-state index in [1.807, 2.05) is 0 Å². The molecule has 38 heavy (non-hydrogen) atoms. The van der Waals surface area contributed by atoms with E-state index in [4.69, 9.17) is 4.74 Å². The number of ether oxygens (including phenoxy) is 1. The maximum Gasteiger partial charge on any atom is 0.307 e. The average molecular weight is 539 g/mol. The SMILES string of the molecule is CCCCCCCCCCCCCCCCCC(CC(=O)O)OC(=O)CCCCCCCCCCCCC. The molecule has 0 aliphatic rings. The van der Waals surface area contributed by atoms with Crippen molar-refractivity contribution in [3.05, 3.63) is 0 Å². The summed E-state index contributed by atoms with van der Waals surface area (Å²) in [4.78, 5) is 23.5. The number of carbonyl (C=O) groups is 2. The lowest BCUT2D eigenvalue weighted by Crippen LogP contribution is -2.21. The number of carboxylic acids is 1. The van der Waals surface area contributed by atoms with Crippen molar-refractivity contribution in [1.82, 2.24) is 0 Å². The molecule has 0 aromatic carbocycles. The summed E-state index contributed by atoms with van der Waals surface area (Å²) in [5.74, 6) is -1.09. The molecule has 0 saturated heterocycles. The summed E-state index contributed by atoms with van der Waals surface area (Å²) < 4.78 is 5.55. The van der Waals surface area contributed by atoms with Crippen molar-refractivity contribution in [3.8, 4) is 0 Å². The van der Waals surface area contributed by atoms with Gasteiger partial charge in [-0.3, -0.25) is 9.59 Å². The summed E-state index contributed by atoms with van der Waals surface area (Å²) in [6.07, 6.45) is 34.0. The lowest BCUT2D eigenvalue weighted by molar-refractivity contribution is -0.153. The number of hydrogen-bond acceptors (Lipinski definition) is 3. The third-order valence-corrected chi connectivity index (χ3v) is 7.81. The number of aliphatic carboxylic acids is 1. The van der Waals surface area contributed by atoms with Gasteiger partial charge in [-0.25, -0.2) is 0 Å². The smallest absolute Gasteiger partial charge is 0.307 e. The van der Waals surface area contributed by atoms with Gasteiger partial charge in [0, 0.05) is 6.42 Å². The first-order valence-corrected chi connectivity index (χ1v) is 17.0. The van der Waals surface area contributed by atoms with Gasteiger partial charge in [-0.2, -0.15) is 0 Å². The Morgan fingerprint density at radius 3 is 1.16 bits per heavy atom. The third kappa shape index (κ3) is 29.5. The number of hydrogen-bond donors (Lipinski definition) is 1. The van der Waals surface area contributed by atoms with Crippen LogP contribution in [-0.2, 0) is 14.3 Å². The van der Waals surface area contributed by atoms with Gasteiger partial charge < -0.3 is 9.84 Å². The second-order valence-electron chi connectivity index (χ2n) is 11.7. The fraction of sp³-hybridized carbons (Fsp3) is 0.941. The minimum atomic E-state index is -0.876. The van der Waals surface area contributed by atoms with E-state index in [1.165, 1.54) is 141 Å². The third-order valence-electron chi connectivity index (χ3n) is 7.81. The van der Waals surface area contributed by atoms with Gasteiger partial charge in [0.15, 0.2) is 0 Å².